The van der Waals surface area contributed by atoms with Crippen LogP contribution in [0.4, 0.5) is 11.4 Å². The minimum Gasteiger partial charge on any atom is -0.588 e. The smallest absolute Gasteiger partial charge is 0.343 e. The Bertz CT molecular complexity index is 2220. The molecule has 1 atom stereocenters. The van der Waals surface area contributed by atoms with E-state index in [0.29, 0.717) is 35.2 Å². The van der Waals surface area contributed by atoms with Gasteiger partial charge in [-0.1, -0.05) is 48.5 Å². The number of aryl methyl sites for hydroxylation is 1. The number of unbranched alkanes of at least 4 members (excludes halogenated alkanes) is 3. The fourth-order valence-electron chi connectivity index (χ4n) is 5.81. The van der Waals surface area contributed by atoms with Crippen molar-refractivity contribution in [1.29, 1.82) is 0 Å². The van der Waals surface area contributed by atoms with Gasteiger partial charge in [0.25, 0.3) is 0 Å². The van der Waals surface area contributed by atoms with Crippen LogP contribution in [-0.2, 0) is 20.9 Å². The Kier molecular flexibility index (Phi) is 12.3. The molecular weight excluding hydrogens is 721 g/mol. The number of ether oxygens (including phenoxy) is 4. The van der Waals surface area contributed by atoms with Crippen molar-refractivity contribution in [1.82, 2.24) is 0 Å². The first-order valence-electron chi connectivity index (χ1n) is 17.5. The highest BCUT2D eigenvalue weighted by Crippen LogP contribution is 2.43. The lowest BCUT2D eigenvalue weighted by Crippen LogP contribution is -2.25. The molecule has 3 N–H and O–H groups in total. The number of carbonyl (C=O) groups is 4. The highest BCUT2D eigenvalue weighted by atomic mass is 32.2. The van der Waals surface area contributed by atoms with Crippen molar-refractivity contribution in [2.24, 2.45) is 0 Å². The van der Waals surface area contributed by atoms with Gasteiger partial charge in [0.15, 0.2) is 22.2 Å². The zero-order valence-electron chi connectivity index (χ0n) is 30.0. The average Bonchev–Trinajstić information content (AvgIpc) is 3.20. The van der Waals surface area contributed by atoms with E-state index >= 15 is 0 Å². The molecule has 0 bridgehead atoms. The van der Waals surface area contributed by atoms with Gasteiger partial charge in [-0.3, -0.25) is 9.59 Å². The van der Waals surface area contributed by atoms with Crippen molar-refractivity contribution < 1.29 is 42.7 Å². The molecule has 55 heavy (non-hydrogen) atoms. The minimum absolute atomic E-state index is 0.00768. The zero-order valence-corrected chi connectivity index (χ0v) is 30.8. The van der Waals surface area contributed by atoms with Crippen LogP contribution < -0.4 is 24.7 Å². The molecule has 0 aromatic heterocycles. The normalized spacial score (nSPS) is 12.2. The van der Waals surface area contributed by atoms with Crippen LogP contribution in [0.2, 0.25) is 0 Å². The third kappa shape index (κ3) is 9.23. The number of anilines is 2. The van der Waals surface area contributed by atoms with Gasteiger partial charge in [-0.15, -0.1) is 0 Å². The van der Waals surface area contributed by atoms with E-state index in [2.05, 4.69) is 11.3 Å². The van der Waals surface area contributed by atoms with Crippen LogP contribution in [-0.4, -0.2) is 41.3 Å². The molecule has 280 valence electrons. The molecule has 0 amide bonds. The number of hydrogen-bond donors (Lipinski definition) is 2. The highest BCUT2D eigenvalue weighted by Gasteiger charge is 2.36. The standard InChI is InChI=1S/C43H38N2O9S/c1-3-37(46)52-25-9-5-4-8-24-51-29-16-14-28(15-17-29)43(49)54-31-20-18-30(19-21-31)53-36-26-35(45-55(50)32-22-12-27(2)13-23-32)38-39(40(36)44)42(48)34-11-7-6-10-33(34)41(38)47/h3,6-7,10-23,26,45H,1,4-5,8-9,24-25,44H2,2H3. The van der Waals surface area contributed by atoms with Gasteiger partial charge in [0, 0.05) is 23.3 Å². The van der Waals surface area contributed by atoms with Gasteiger partial charge in [0.05, 0.1) is 41.3 Å². The molecule has 11 nitrogen and oxygen atoms in total. The van der Waals surface area contributed by atoms with Crippen LogP contribution in [0.5, 0.6) is 23.0 Å². The van der Waals surface area contributed by atoms with Gasteiger partial charge in [0.2, 0.25) is 0 Å². The molecule has 1 unspecified atom stereocenters. The summed E-state index contributed by atoms with van der Waals surface area (Å²) in [6.45, 7) is 6.16. The Morgan fingerprint density at radius 2 is 1.38 bits per heavy atom. The lowest BCUT2D eigenvalue weighted by Gasteiger charge is -2.24. The molecule has 5 aromatic rings. The van der Waals surface area contributed by atoms with Crippen molar-refractivity contribution in [2.75, 3.05) is 23.7 Å². The number of ketones is 2. The maximum atomic E-state index is 13.8. The summed E-state index contributed by atoms with van der Waals surface area (Å²) in [6, 6.07) is 27.8. The second kappa shape index (κ2) is 17.6. The highest BCUT2D eigenvalue weighted by molar-refractivity contribution is 7.92. The zero-order chi connectivity index (χ0) is 38.9. The summed E-state index contributed by atoms with van der Waals surface area (Å²) in [4.78, 5) is 51.9. The molecule has 0 radical (unpaired) electrons. The van der Waals surface area contributed by atoms with E-state index < -0.39 is 34.9 Å². The Hall–Kier alpha value is -6.37. The first kappa shape index (κ1) is 38.4. The van der Waals surface area contributed by atoms with Gasteiger partial charge in [-0.25, -0.2) is 14.3 Å². The first-order chi connectivity index (χ1) is 26.6. The SMILES string of the molecule is C=CC(=O)OCCCCCCOc1ccc(C(=O)Oc2ccc(Oc3cc(N[S+]([O-])c4ccc(C)cc4)c4c(c3N)C(=O)c3ccccc3C4=O)cc2)cc1. The number of carbonyl (C=O) groups excluding carboxylic acids is 4. The number of rotatable bonds is 16. The molecular formula is C43H38N2O9S. The topological polar surface area (TPSA) is 166 Å². The number of fused-ring (bicyclic) bond motifs is 2. The second-order valence-corrected chi connectivity index (χ2v) is 13.8. The van der Waals surface area contributed by atoms with Crippen LogP contribution in [0.1, 0.15) is 73.4 Å². The van der Waals surface area contributed by atoms with Gasteiger partial charge in [-0.2, -0.15) is 0 Å². The number of nitrogen functional groups attached to an aromatic ring is 1. The average molecular weight is 759 g/mol. The number of hydrogen-bond acceptors (Lipinski definition) is 11. The van der Waals surface area contributed by atoms with Crippen molar-refractivity contribution in [3.05, 3.63) is 149 Å². The molecule has 0 spiro atoms. The van der Waals surface area contributed by atoms with Crippen LogP contribution >= 0.6 is 0 Å². The quantitative estimate of drug-likeness (QED) is 0.0244. The van der Waals surface area contributed by atoms with Crippen molar-refractivity contribution >= 4 is 46.2 Å². The summed E-state index contributed by atoms with van der Waals surface area (Å²) in [6.07, 6.45) is 4.58. The van der Waals surface area contributed by atoms with Crippen LogP contribution in [0.25, 0.3) is 0 Å². The van der Waals surface area contributed by atoms with Crippen LogP contribution in [0.15, 0.2) is 121 Å². The molecule has 0 saturated carbocycles. The Labute approximate surface area is 321 Å². The maximum absolute atomic E-state index is 13.8. The molecule has 6 rings (SSSR count). The van der Waals surface area contributed by atoms with Crippen LogP contribution in [0, 0.1) is 6.92 Å². The summed E-state index contributed by atoms with van der Waals surface area (Å²) >= 11 is -1.80. The van der Waals surface area contributed by atoms with E-state index in [0.717, 1.165) is 37.3 Å². The lowest BCUT2D eigenvalue weighted by atomic mass is 9.82. The molecule has 5 aromatic carbocycles. The van der Waals surface area contributed by atoms with E-state index in [9.17, 15) is 23.7 Å². The van der Waals surface area contributed by atoms with Gasteiger partial charge in [-0.05, 0) is 93.3 Å². The van der Waals surface area contributed by atoms with Gasteiger partial charge in [0.1, 0.15) is 28.6 Å². The van der Waals surface area contributed by atoms with E-state index in [1.807, 2.05) is 19.1 Å². The predicted molar refractivity (Wildman–Crippen MR) is 208 cm³/mol. The van der Waals surface area contributed by atoms with Crippen molar-refractivity contribution in [3.63, 3.8) is 0 Å². The number of esters is 2. The van der Waals surface area contributed by atoms with Crippen LogP contribution in [0.3, 0.4) is 0 Å². The molecule has 12 heteroatoms. The fourth-order valence-corrected chi connectivity index (χ4v) is 6.68. The Morgan fingerprint density at radius 3 is 2.04 bits per heavy atom. The summed E-state index contributed by atoms with van der Waals surface area (Å²) < 4.78 is 38.7. The molecule has 0 saturated heterocycles. The third-order valence-electron chi connectivity index (χ3n) is 8.71. The predicted octanol–water partition coefficient (Wildman–Crippen LogP) is 8.17. The molecule has 0 aliphatic heterocycles. The van der Waals surface area contributed by atoms with E-state index in [4.69, 9.17) is 24.7 Å². The lowest BCUT2D eigenvalue weighted by molar-refractivity contribution is -0.137. The number of nitrogens with one attached hydrogen (secondary N) is 1. The second-order valence-electron chi connectivity index (χ2n) is 12.6. The summed E-state index contributed by atoms with van der Waals surface area (Å²) in [5.74, 6) is -0.662. The van der Waals surface area contributed by atoms with E-state index in [-0.39, 0.29) is 45.1 Å². The minimum atomic E-state index is -1.80. The molecule has 0 heterocycles. The summed E-state index contributed by atoms with van der Waals surface area (Å²) in [5.41, 5.74) is 8.30. The molecule has 1 aliphatic rings. The van der Waals surface area contributed by atoms with E-state index in [1.54, 1.807) is 84.9 Å². The Morgan fingerprint density at radius 1 is 0.782 bits per heavy atom. The van der Waals surface area contributed by atoms with Gasteiger partial charge < -0.3 is 29.2 Å². The van der Waals surface area contributed by atoms with Crippen molar-refractivity contribution in [3.8, 4) is 23.0 Å². The fraction of sp³-hybridized carbons (Fsp3) is 0.163. The van der Waals surface area contributed by atoms with E-state index in [1.165, 1.54) is 6.07 Å². The first-order valence-corrected chi connectivity index (χ1v) is 18.7. The van der Waals surface area contributed by atoms with Gasteiger partial charge >= 0.3 is 11.9 Å². The number of benzene rings is 5. The Balaban J connectivity index is 1.11. The molecule has 0 fully saturated rings. The summed E-state index contributed by atoms with van der Waals surface area (Å²) in [7, 11) is 0. The third-order valence-corrected chi connectivity index (χ3v) is 9.81. The maximum Gasteiger partial charge on any atom is 0.343 e. The monoisotopic (exact) mass is 758 g/mol. The number of nitrogens with two attached hydrogens (primary N) is 1. The largest absolute Gasteiger partial charge is 0.588 e. The summed E-state index contributed by atoms with van der Waals surface area (Å²) in [5, 5.41) is 0. The van der Waals surface area contributed by atoms with Crippen molar-refractivity contribution in [2.45, 2.75) is 37.5 Å². The molecule has 1 aliphatic carbocycles.